The van der Waals surface area contributed by atoms with Crippen LogP contribution in [0.1, 0.15) is 11.6 Å². The lowest BCUT2D eigenvalue weighted by atomic mass is 10.1. The number of carboxylic acids is 1. The van der Waals surface area contributed by atoms with Crippen molar-refractivity contribution >= 4 is 16.0 Å². The Morgan fingerprint density at radius 2 is 2.00 bits per heavy atom. The summed E-state index contributed by atoms with van der Waals surface area (Å²) in [4.78, 5) is 10.1. The zero-order valence-corrected chi connectivity index (χ0v) is 8.74. The summed E-state index contributed by atoms with van der Waals surface area (Å²) in [5.41, 5.74) is 4.87. The van der Waals surface area contributed by atoms with Crippen LogP contribution in [-0.2, 0) is 14.8 Å². The maximum atomic E-state index is 13.3. The fraction of sp³-hybridized carbons (Fsp3) is 0.125. The Bertz CT molecular complexity index is 529. The van der Waals surface area contributed by atoms with Gasteiger partial charge in [-0.3, -0.25) is 4.79 Å². The van der Waals surface area contributed by atoms with Crippen molar-refractivity contribution in [3.05, 3.63) is 29.6 Å². The molecular weight excluding hydrogens is 239 g/mol. The largest absolute Gasteiger partial charge is 0.480 e. The van der Waals surface area contributed by atoms with Crippen LogP contribution in [-0.4, -0.2) is 19.5 Å². The highest BCUT2D eigenvalue weighted by Crippen LogP contribution is 2.18. The third-order valence-corrected chi connectivity index (χ3v) is 2.81. The van der Waals surface area contributed by atoms with Gasteiger partial charge in [0.25, 0.3) is 0 Å². The molecule has 1 aromatic carbocycles. The molecule has 0 amide bonds. The molecule has 0 bridgehead atoms. The molecule has 0 aliphatic heterocycles. The average molecular weight is 248 g/mol. The Hall–Kier alpha value is -1.51. The second-order valence-electron chi connectivity index (χ2n) is 3.04. The topological polar surface area (TPSA) is 123 Å². The van der Waals surface area contributed by atoms with Crippen molar-refractivity contribution in [1.82, 2.24) is 0 Å². The molecule has 0 aliphatic carbocycles. The van der Waals surface area contributed by atoms with Gasteiger partial charge in [0.1, 0.15) is 11.9 Å². The number of carbonyl (C=O) groups is 1. The van der Waals surface area contributed by atoms with Gasteiger partial charge in [0, 0.05) is 5.56 Å². The van der Waals surface area contributed by atoms with Gasteiger partial charge in [-0.2, -0.15) is 0 Å². The van der Waals surface area contributed by atoms with Gasteiger partial charge in [-0.25, -0.2) is 17.9 Å². The van der Waals surface area contributed by atoms with E-state index in [-0.39, 0.29) is 5.56 Å². The van der Waals surface area contributed by atoms with E-state index in [0.717, 1.165) is 12.1 Å². The first-order chi connectivity index (χ1) is 7.23. The molecule has 0 heterocycles. The molecule has 8 heteroatoms. The van der Waals surface area contributed by atoms with Crippen LogP contribution >= 0.6 is 0 Å². The molecular formula is C8H9FN2O4S. The molecule has 88 valence electrons. The molecule has 0 fully saturated rings. The minimum absolute atomic E-state index is 0.306. The molecule has 16 heavy (non-hydrogen) atoms. The number of aliphatic carboxylic acids is 1. The smallest absolute Gasteiger partial charge is 0.325 e. The zero-order chi connectivity index (χ0) is 12.5. The monoisotopic (exact) mass is 248 g/mol. The highest BCUT2D eigenvalue weighted by atomic mass is 32.2. The van der Waals surface area contributed by atoms with Gasteiger partial charge in [-0.05, 0) is 12.1 Å². The van der Waals surface area contributed by atoms with Crippen molar-refractivity contribution in [2.45, 2.75) is 10.9 Å². The third-order valence-electron chi connectivity index (χ3n) is 1.90. The van der Waals surface area contributed by atoms with Gasteiger partial charge in [0.2, 0.25) is 10.0 Å². The van der Waals surface area contributed by atoms with E-state index in [0.29, 0.717) is 6.07 Å². The lowest BCUT2D eigenvalue weighted by Gasteiger charge is -2.08. The molecule has 5 N–H and O–H groups in total. The number of carboxylic acid groups (broad SMARTS) is 1. The quantitative estimate of drug-likeness (QED) is 0.668. The highest BCUT2D eigenvalue weighted by Gasteiger charge is 2.20. The summed E-state index contributed by atoms with van der Waals surface area (Å²) < 4.78 is 35.1. The zero-order valence-electron chi connectivity index (χ0n) is 7.92. The number of nitrogens with two attached hydrogens (primary N) is 2. The fourth-order valence-corrected chi connectivity index (χ4v) is 1.60. The van der Waals surface area contributed by atoms with Gasteiger partial charge in [0.05, 0.1) is 4.90 Å². The Labute approximate surface area is 90.7 Å². The summed E-state index contributed by atoms with van der Waals surface area (Å²) in [6.07, 6.45) is 0. The van der Waals surface area contributed by atoms with E-state index in [9.17, 15) is 17.6 Å². The van der Waals surface area contributed by atoms with Crippen LogP contribution < -0.4 is 10.9 Å². The summed E-state index contributed by atoms with van der Waals surface area (Å²) in [6, 6.07) is 1.06. The molecule has 1 rings (SSSR count). The lowest BCUT2D eigenvalue weighted by Crippen LogP contribution is -2.22. The molecule has 0 aromatic heterocycles. The molecule has 0 unspecified atom stereocenters. The first-order valence-electron chi connectivity index (χ1n) is 4.04. The van der Waals surface area contributed by atoms with Crippen LogP contribution in [0.15, 0.2) is 23.1 Å². The second kappa shape index (κ2) is 4.16. The van der Waals surface area contributed by atoms with E-state index >= 15 is 0 Å². The van der Waals surface area contributed by atoms with E-state index < -0.39 is 32.7 Å². The number of benzene rings is 1. The summed E-state index contributed by atoms with van der Waals surface area (Å²) >= 11 is 0. The van der Waals surface area contributed by atoms with Gasteiger partial charge in [-0.15, -0.1) is 0 Å². The van der Waals surface area contributed by atoms with Gasteiger partial charge < -0.3 is 10.8 Å². The van der Waals surface area contributed by atoms with E-state index in [1.165, 1.54) is 0 Å². The van der Waals surface area contributed by atoms with E-state index in [4.69, 9.17) is 16.0 Å². The van der Waals surface area contributed by atoms with Crippen LogP contribution in [0.5, 0.6) is 0 Å². The van der Waals surface area contributed by atoms with Crippen LogP contribution in [0.4, 0.5) is 4.39 Å². The number of halogens is 1. The SMILES string of the molecule is N[C@H](C(=O)O)c1ccc(S(N)(=O)=O)cc1F. The van der Waals surface area contributed by atoms with Crippen LogP contribution in [0, 0.1) is 5.82 Å². The number of primary sulfonamides is 1. The molecule has 0 saturated heterocycles. The van der Waals surface area contributed by atoms with Crippen molar-refractivity contribution < 1.29 is 22.7 Å². The predicted octanol–water partition coefficient (Wildman–Crippen LogP) is -0.442. The van der Waals surface area contributed by atoms with E-state index in [2.05, 4.69) is 0 Å². The number of hydrogen-bond donors (Lipinski definition) is 3. The molecule has 0 saturated carbocycles. The van der Waals surface area contributed by atoms with Crippen molar-refractivity contribution in [1.29, 1.82) is 0 Å². The molecule has 0 radical (unpaired) electrons. The summed E-state index contributed by atoms with van der Waals surface area (Å²) in [7, 11) is -4.02. The molecule has 1 atom stereocenters. The minimum Gasteiger partial charge on any atom is -0.480 e. The predicted molar refractivity (Wildman–Crippen MR) is 52.3 cm³/mol. The van der Waals surface area contributed by atoms with Crippen molar-refractivity contribution in [3.8, 4) is 0 Å². The first-order valence-corrected chi connectivity index (χ1v) is 5.58. The van der Waals surface area contributed by atoms with Gasteiger partial charge >= 0.3 is 5.97 Å². The van der Waals surface area contributed by atoms with Crippen LogP contribution in [0.2, 0.25) is 0 Å². The van der Waals surface area contributed by atoms with Crippen molar-refractivity contribution in [3.63, 3.8) is 0 Å². The second-order valence-corrected chi connectivity index (χ2v) is 4.61. The van der Waals surface area contributed by atoms with Crippen molar-refractivity contribution in [2.24, 2.45) is 10.9 Å². The minimum atomic E-state index is -4.02. The Kier molecular flexibility index (Phi) is 3.27. The standard InChI is InChI=1S/C8H9FN2O4S/c9-6-3-4(16(11,14)15)1-2-5(6)7(10)8(12)13/h1-3,7H,10H2,(H,12,13)(H2,11,14,15)/t7-/m0/s1. The normalized spacial score (nSPS) is 13.4. The highest BCUT2D eigenvalue weighted by molar-refractivity contribution is 7.89. The summed E-state index contributed by atoms with van der Waals surface area (Å²) in [5.74, 6) is -2.44. The van der Waals surface area contributed by atoms with Crippen molar-refractivity contribution in [2.75, 3.05) is 0 Å². The molecule has 0 spiro atoms. The number of sulfonamides is 1. The fourth-order valence-electron chi connectivity index (χ4n) is 1.07. The summed E-state index contributed by atoms with van der Waals surface area (Å²) in [5, 5.41) is 13.3. The third kappa shape index (κ3) is 2.54. The van der Waals surface area contributed by atoms with Crippen LogP contribution in [0.3, 0.4) is 0 Å². The van der Waals surface area contributed by atoms with Gasteiger partial charge in [0.15, 0.2) is 0 Å². The Morgan fingerprint density at radius 3 is 2.38 bits per heavy atom. The number of rotatable bonds is 3. The Balaban J connectivity index is 3.25. The van der Waals surface area contributed by atoms with Gasteiger partial charge in [-0.1, -0.05) is 6.07 Å². The summed E-state index contributed by atoms with van der Waals surface area (Å²) in [6.45, 7) is 0. The first kappa shape index (κ1) is 12.6. The number of hydrogen-bond acceptors (Lipinski definition) is 4. The average Bonchev–Trinajstić information content (AvgIpc) is 2.15. The van der Waals surface area contributed by atoms with Crippen LogP contribution in [0.25, 0.3) is 0 Å². The molecule has 6 nitrogen and oxygen atoms in total. The maximum Gasteiger partial charge on any atom is 0.325 e. The Morgan fingerprint density at radius 1 is 1.44 bits per heavy atom. The van der Waals surface area contributed by atoms with E-state index in [1.807, 2.05) is 0 Å². The maximum absolute atomic E-state index is 13.3. The molecule has 0 aliphatic rings. The lowest BCUT2D eigenvalue weighted by molar-refractivity contribution is -0.138. The van der Waals surface area contributed by atoms with E-state index in [1.54, 1.807) is 0 Å². The molecule has 1 aromatic rings.